The van der Waals surface area contributed by atoms with E-state index in [1.165, 1.54) is 0 Å². The summed E-state index contributed by atoms with van der Waals surface area (Å²) in [5.74, 6) is 0.800. The predicted octanol–water partition coefficient (Wildman–Crippen LogP) is 4.09. The number of halogens is 1. The van der Waals surface area contributed by atoms with E-state index in [1.807, 2.05) is 60.4 Å². The molecule has 6 heteroatoms. The van der Waals surface area contributed by atoms with Gasteiger partial charge in [0.25, 0.3) is 0 Å². The van der Waals surface area contributed by atoms with E-state index < -0.39 is 0 Å². The lowest BCUT2D eigenvalue weighted by molar-refractivity contribution is 0.208. The van der Waals surface area contributed by atoms with Crippen molar-refractivity contribution in [1.82, 2.24) is 4.90 Å². The molecule has 1 N–H and O–H groups in total. The summed E-state index contributed by atoms with van der Waals surface area (Å²) in [6.07, 6.45) is 0. The van der Waals surface area contributed by atoms with Gasteiger partial charge >= 0.3 is 6.03 Å². The van der Waals surface area contributed by atoms with Crippen molar-refractivity contribution < 1.29 is 9.53 Å². The van der Waals surface area contributed by atoms with Crippen molar-refractivity contribution in [2.24, 2.45) is 0 Å². The van der Waals surface area contributed by atoms with Crippen LogP contribution in [0.2, 0.25) is 5.02 Å². The fraction of sp³-hybridized carbons (Fsp3) is 0.316. The lowest BCUT2D eigenvalue weighted by atomic mass is 10.2. The van der Waals surface area contributed by atoms with Gasteiger partial charge in [-0.1, -0.05) is 23.7 Å². The van der Waals surface area contributed by atoms with Crippen LogP contribution < -0.4 is 15.0 Å². The number of para-hydroxylation sites is 1. The van der Waals surface area contributed by atoms with E-state index >= 15 is 0 Å². The smallest absolute Gasteiger partial charge is 0.321 e. The number of ether oxygens (including phenoxy) is 1. The van der Waals surface area contributed by atoms with Crippen LogP contribution in [0.1, 0.15) is 6.92 Å². The van der Waals surface area contributed by atoms with Gasteiger partial charge in [-0.3, -0.25) is 0 Å². The summed E-state index contributed by atoms with van der Waals surface area (Å²) in [5, 5.41) is 3.68. The summed E-state index contributed by atoms with van der Waals surface area (Å²) in [7, 11) is 0. The molecule has 0 saturated carbocycles. The highest BCUT2D eigenvalue weighted by atomic mass is 35.5. The summed E-state index contributed by atoms with van der Waals surface area (Å²) in [5.41, 5.74) is 1.79. The van der Waals surface area contributed by atoms with Gasteiger partial charge in [0.15, 0.2) is 0 Å². The summed E-state index contributed by atoms with van der Waals surface area (Å²) in [6, 6.07) is 15.1. The third kappa shape index (κ3) is 4.37. The Balaban J connectivity index is 1.54. The average Bonchev–Trinajstić information content (AvgIpc) is 2.64. The Labute approximate surface area is 153 Å². The molecule has 0 spiro atoms. The first-order chi connectivity index (χ1) is 12.2. The highest BCUT2D eigenvalue weighted by Gasteiger charge is 2.22. The van der Waals surface area contributed by atoms with Crippen molar-refractivity contribution in [3.05, 3.63) is 53.6 Å². The number of carbonyl (C=O) groups is 1. The Hall–Kier alpha value is -2.40. The summed E-state index contributed by atoms with van der Waals surface area (Å²) >= 11 is 6.25. The molecule has 0 unspecified atom stereocenters. The van der Waals surface area contributed by atoms with Crippen LogP contribution in [0, 0.1) is 0 Å². The molecule has 1 aliphatic rings. The monoisotopic (exact) mass is 359 g/mol. The molecule has 3 rings (SSSR count). The fourth-order valence-electron chi connectivity index (χ4n) is 2.86. The van der Waals surface area contributed by atoms with Crippen molar-refractivity contribution in [3.8, 4) is 5.75 Å². The topological polar surface area (TPSA) is 44.8 Å². The molecular formula is C19H22ClN3O2. The van der Waals surface area contributed by atoms with Crippen LogP contribution in [0.3, 0.4) is 0 Å². The Morgan fingerprint density at radius 3 is 2.40 bits per heavy atom. The molecule has 0 aliphatic carbocycles. The molecular weight excluding hydrogens is 338 g/mol. The number of nitrogens with zero attached hydrogens (tertiary/aromatic N) is 2. The minimum Gasteiger partial charge on any atom is -0.494 e. The molecule has 1 heterocycles. The minimum atomic E-state index is -0.0806. The second-order valence-corrected chi connectivity index (χ2v) is 6.22. The van der Waals surface area contributed by atoms with Gasteiger partial charge in [0.2, 0.25) is 0 Å². The van der Waals surface area contributed by atoms with Gasteiger partial charge in [-0.05, 0) is 43.3 Å². The van der Waals surface area contributed by atoms with Crippen molar-refractivity contribution in [1.29, 1.82) is 0 Å². The third-order valence-electron chi connectivity index (χ3n) is 4.18. The highest BCUT2D eigenvalue weighted by molar-refractivity contribution is 6.33. The van der Waals surface area contributed by atoms with E-state index in [1.54, 1.807) is 0 Å². The maximum absolute atomic E-state index is 12.4. The zero-order valence-corrected chi connectivity index (χ0v) is 15.0. The number of nitrogens with one attached hydrogen (secondary N) is 1. The molecule has 2 amide bonds. The quantitative estimate of drug-likeness (QED) is 0.894. The number of carbonyl (C=O) groups excluding carboxylic acids is 1. The number of urea groups is 1. The first-order valence-corrected chi connectivity index (χ1v) is 8.83. The van der Waals surface area contributed by atoms with Gasteiger partial charge < -0.3 is 19.9 Å². The van der Waals surface area contributed by atoms with Crippen LogP contribution in [-0.4, -0.2) is 43.7 Å². The van der Waals surface area contributed by atoms with Gasteiger partial charge in [-0.2, -0.15) is 0 Å². The van der Waals surface area contributed by atoms with E-state index in [-0.39, 0.29) is 6.03 Å². The van der Waals surface area contributed by atoms with Crippen LogP contribution in [0.5, 0.6) is 5.75 Å². The van der Waals surface area contributed by atoms with Crippen LogP contribution in [-0.2, 0) is 0 Å². The van der Waals surface area contributed by atoms with Crippen LogP contribution in [0.25, 0.3) is 0 Å². The maximum Gasteiger partial charge on any atom is 0.321 e. The summed E-state index contributed by atoms with van der Waals surface area (Å²) in [6.45, 7) is 5.42. The number of benzene rings is 2. The largest absolute Gasteiger partial charge is 0.494 e. The number of hydrogen-bond donors (Lipinski definition) is 1. The number of anilines is 2. The lowest BCUT2D eigenvalue weighted by Gasteiger charge is -2.36. The molecule has 5 nitrogen and oxygen atoms in total. The summed E-state index contributed by atoms with van der Waals surface area (Å²) in [4.78, 5) is 16.5. The number of rotatable bonds is 4. The minimum absolute atomic E-state index is 0.0806. The van der Waals surface area contributed by atoms with Gasteiger partial charge in [-0.25, -0.2) is 4.79 Å². The molecule has 1 fully saturated rings. The predicted molar refractivity (Wildman–Crippen MR) is 102 cm³/mol. The molecule has 2 aromatic rings. The SMILES string of the molecule is CCOc1ccc(NC(=O)N2CCN(c3ccccc3Cl)CC2)cc1. The molecule has 1 saturated heterocycles. The first kappa shape index (κ1) is 17.4. The zero-order valence-electron chi connectivity index (χ0n) is 14.2. The second-order valence-electron chi connectivity index (χ2n) is 5.81. The Kier molecular flexibility index (Phi) is 5.66. The standard InChI is InChI=1S/C19H22ClN3O2/c1-2-25-16-9-7-15(8-10-16)21-19(24)23-13-11-22(12-14-23)18-6-4-3-5-17(18)20/h3-10H,2,11-14H2,1H3,(H,21,24). The van der Waals surface area contributed by atoms with Crippen molar-refractivity contribution >= 4 is 29.0 Å². The van der Waals surface area contributed by atoms with Gasteiger partial charge in [0.05, 0.1) is 17.3 Å². The molecule has 132 valence electrons. The van der Waals surface area contributed by atoms with Gasteiger partial charge in [0, 0.05) is 31.9 Å². The number of amides is 2. The first-order valence-electron chi connectivity index (χ1n) is 8.45. The van der Waals surface area contributed by atoms with Crippen molar-refractivity contribution in [2.45, 2.75) is 6.92 Å². The van der Waals surface area contributed by atoms with Crippen molar-refractivity contribution in [3.63, 3.8) is 0 Å². The lowest BCUT2D eigenvalue weighted by Crippen LogP contribution is -2.50. The van der Waals surface area contributed by atoms with E-state index in [0.717, 1.165) is 35.2 Å². The highest BCUT2D eigenvalue weighted by Crippen LogP contribution is 2.26. The van der Waals surface area contributed by atoms with Crippen LogP contribution >= 0.6 is 11.6 Å². The Morgan fingerprint density at radius 2 is 1.76 bits per heavy atom. The second kappa shape index (κ2) is 8.12. The molecule has 25 heavy (non-hydrogen) atoms. The molecule has 1 aliphatic heterocycles. The Bertz CT molecular complexity index is 713. The van der Waals surface area contributed by atoms with Gasteiger partial charge in [-0.15, -0.1) is 0 Å². The van der Waals surface area contributed by atoms with Crippen molar-refractivity contribution in [2.75, 3.05) is 43.0 Å². The normalized spacial score (nSPS) is 14.3. The zero-order chi connectivity index (χ0) is 17.6. The van der Waals surface area contributed by atoms with Gasteiger partial charge in [0.1, 0.15) is 5.75 Å². The third-order valence-corrected chi connectivity index (χ3v) is 4.50. The number of piperazine rings is 1. The number of hydrogen-bond acceptors (Lipinski definition) is 3. The van der Waals surface area contributed by atoms with E-state index in [0.29, 0.717) is 19.7 Å². The average molecular weight is 360 g/mol. The molecule has 0 radical (unpaired) electrons. The van der Waals surface area contributed by atoms with E-state index in [4.69, 9.17) is 16.3 Å². The van der Waals surface area contributed by atoms with Crippen LogP contribution in [0.15, 0.2) is 48.5 Å². The molecule has 0 bridgehead atoms. The van der Waals surface area contributed by atoms with E-state index in [9.17, 15) is 4.79 Å². The fourth-order valence-corrected chi connectivity index (χ4v) is 3.12. The summed E-state index contributed by atoms with van der Waals surface area (Å²) < 4.78 is 5.41. The molecule has 0 aromatic heterocycles. The molecule has 2 aromatic carbocycles. The van der Waals surface area contributed by atoms with Crippen LogP contribution in [0.4, 0.5) is 16.2 Å². The van der Waals surface area contributed by atoms with E-state index in [2.05, 4.69) is 10.2 Å². The Morgan fingerprint density at radius 1 is 1.08 bits per heavy atom. The maximum atomic E-state index is 12.4. The molecule has 0 atom stereocenters.